The first-order chi connectivity index (χ1) is 13.8. The van der Waals surface area contributed by atoms with Gasteiger partial charge < -0.3 is 4.90 Å². The van der Waals surface area contributed by atoms with E-state index in [1.54, 1.807) is 24.3 Å². The smallest absolute Gasteiger partial charge is 0.270 e. The van der Waals surface area contributed by atoms with E-state index < -0.39 is 11.8 Å². The molecule has 1 aliphatic rings. The Morgan fingerprint density at radius 2 is 1.76 bits per heavy atom. The lowest BCUT2D eigenvalue weighted by molar-refractivity contribution is -0.122. The lowest BCUT2D eigenvalue weighted by Gasteiger charge is -2.29. The zero-order valence-corrected chi connectivity index (χ0v) is 18.1. The second-order valence-corrected chi connectivity index (χ2v) is 7.45. The van der Waals surface area contributed by atoms with Gasteiger partial charge in [-0.3, -0.25) is 19.8 Å². The summed E-state index contributed by atoms with van der Waals surface area (Å²) in [7, 11) is 0. The van der Waals surface area contributed by atoms with Gasteiger partial charge in [0.1, 0.15) is 5.57 Å². The van der Waals surface area contributed by atoms with E-state index in [9.17, 15) is 9.59 Å². The SMILES string of the molecule is CCN(CC)c1ccc(/C=C2/C(=O)NC(=S)N(c3ccc(C)c(Cl)c3)C2=O)cc1. The van der Waals surface area contributed by atoms with Crippen molar-refractivity contribution in [2.45, 2.75) is 20.8 Å². The van der Waals surface area contributed by atoms with Crippen LogP contribution in [0.3, 0.4) is 0 Å². The number of aryl methyl sites for hydroxylation is 1. The number of nitrogens with one attached hydrogen (secondary N) is 1. The highest BCUT2D eigenvalue weighted by Gasteiger charge is 2.34. The fourth-order valence-corrected chi connectivity index (χ4v) is 3.61. The van der Waals surface area contributed by atoms with E-state index in [0.717, 1.165) is 29.9 Å². The van der Waals surface area contributed by atoms with Gasteiger partial charge in [0.2, 0.25) is 0 Å². The monoisotopic (exact) mass is 427 g/mol. The first-order valence-electron chi connectivity index (χ1n) is 9.38. The summed E-state index contributed by atoms with van der Waals surface area (Å²) < 4.78 is 0. The first kappa shape index (κ1) is 21.0. The number of hydrogen-bond acceptors (Lipinski definition) is 4. The zero-order valence-electron chi connectivity index (χ0n) is 16.5. The normalized spacial score (nSPS) is 15.7. The van der Waals surface area contributed by atoms with Crippen LogP contribution in [0.15, 0.2) is 48.0 Å². The highest BCUT2D eigenvalue weighted by atomic mass is 35.5. The number of thiocarbonyl (C=S) groups is 1. The van der Waals surface area contributed by atoms with Crippen molar-refractivity contribution in [1.29, 1.82) is 0 Å². The fourth-order valence-electron chi connectivity index (χ4n) is 3.15. The number of carbonyl (C=O) groups excluding carboxylic acids is 2. The Labute approximate surface area is 180 Å². The molecule has 0 radical (unpaired) electrons. The van der Waals surface area contributed by atoms with Crippen molar-refractivity contribution >= 4 is 58.2 Å². The Morgan fingerprint density at radius 1 is 1.10 bits per heavy atom. The molecule has 0 aromatic heterocycles. The molecule has 29 heavy (non-hydrogen) atoms. The fraction of sp³-hybridized carbons (Fsp3) is 0.227. The van der Waals surface area contributed by atoms with E-state index in [4.69, 9.17) is 23.8 Å². The lowest BCUT2D eigenvalue weighted by atomic mass is 10.1. The molecule has 0 bridgehead atoms. The molecule has 3 rings (SSSR count). The van der Waals surface area contributed by atoms with Gasteiger partial charge in [0.25, 0.3) is 11.8 Å². The van der Waals surface area contributed by atoms with Crippen LogP contribution in [0.2, 0.25) is 5.02 Å². The minimum absolute atomic E-state index is 0.0193. The van der Waals surface area contributed by atoms with Crippen molar-refractivity contribution in [2.24, 2.45) is 0 Å². The van der Waals surface area contributed by atoms with Gasteiger partial charge in [-0.05, 0) is 74.5 Å². The molecule has 0 atom stereocenters. The van der Waals surface area contributed by atoms with E-state index in [0.29, 0.717) is 10.7 Å². The summed E-state index contributed by atoms with van der Waals surface area (Å²) in [5, 5.41) is 3.15. The zero-order chi connectivity index (χ0) is 21.1. The summed E-state index contributed by atoms with van der Waals surface area (Å²) >= 11 is 11.4. The van der Waals surface area contributed by atoms with Crippen LogP contribution >= 0.6 is 23.8 Å². The van der Waals surface area contributed by atoms with Crippen molar-refractivity contribution in [3.63, 3.8) is 0 Å². The van der Waals surface area contributed by atoms with E-state index in [1.807, 2.05) is 31.2 Å². The van der Waals surface area contributed by atoms with Crippen LogP contribution in [0, 0.1) is 6.92 Å². The Bertz CT molecular complexity index is 998. The van der Waals surface area contributed by atoms with Gasteiger partial charge in [0.05, 0.1) is 5.69 Å². The average Bonchev–Trinajstić information content (AvgIpc) is 2.70. The highest BCUT2D eigenvalue weighted by molar-refractivity contribution is 7.80. The predicted molar refractivity (Wildman–Crippen MR) is 122 cm³/mol. The number of nitrogens with zero attached hydrogens (tertiary/aromatic N) is 2. The van der Waals surface area contributed by atoms with Gasteiger partial charge >= 0.3 is 0 Å². The Morgan fingerprint density at radius 3 is 2.34 bits per heavy atom. The third-order valence-corrected chi connectivity index (χ3v) is 5.54. The summed E-state index contributed by atoms with van der Waals surface area (Å²) in [5.41, 5.74) is 3.27. The van der Waals surface area contributed by atoms with Crippen LogP contribution in [-0.2, 0) is 9.59 Å². The molecule has 2 amide bonds. The minimum Gasteiger partial charge on any atom is -0.372 e. The number of amides is 2. The van der Waals surface area contributed by atoms with Crippen molar-refractivity contribution in [3.8, 4) is 0 Å². The maximum Gasteiger partial charge on any atom is 0.270 e. The summed E-state index contributed by atoms with van der Waals surface area (Å²) in [6.07, 6.45) is 1.58. The molecule has 2 aromatic carbocycles. The topological polar surface area (TPSA) is 52.7 Å². The number of carbonyl (C=O) groups is 2. The van der Waals surface area contributed by atoms with Gasteiger partial charge in [0, 0.05) is 23.8 Å². The second-order valence-electron chi connectivity index (χ2n) is 6.66. The molecule has 150 valence electrons. The van der Waals surface area contributed by atoms with Crippen LogP contribution in [0.4, 0.5) is 11.4 Å². The van der Waals surface area contributed by atoms with Crippen LogP contribution in [0.1, 0.15) is 25.0 Å². The summed E-state index contributed by atoms with van der Waals surface area (Å²) in [6.45, 7) is 7.88. The molecule has 0 saturated carbocycles. The van der Waals surface area contributed by atoms with Gasteiger partial charge in [-0.2, -0.15) is 0 Å². The molecule has 7 heteroatoms. The summed E-state index contributed by atoms with van der Waals surface area (Å²) in [5.74, 6) is -0.992. The molecule has 0 spiro atoms. The number of halogens is 1. The standard InChI is InChI=1S/C22H22ClN3O2S/c1-4-25(5-2)16-10-7-15(8-11-16)12-18-20(27)24-22(29)26(21(18)28)17-9-6-14(3)19(23)13-17/h6-13H,4-5H2,1-3H3,(H,24,27,29)/b18-12-. The molecule has 1 heterocycles. The van der Waals surface area contributed by atoms with Gasteiger partial charge in [-0.25, -0.2) is 0 Å². The van der Waals surface area contributed by atoms with Crippen molar-refractivity contribution in [3.05, 3.63) is 64.2 Å². The molecule has 1 fully saturated rings. The summed E-state index contributed by atoms with van der Waals surface area (Å²) in [6, 6.07) is 13.0. The van der Waals surface area contributed by atoms with Gasteiger partial charge in [-0.15, -0.1) is 0 Å². The predicted octanol–water partition coefficient (Wildman–Crippen LogP) is 4.33. The Balaban J connectivity index is 1.93. The van der Waals surface area contributed by atoms with Crippen molar-refractivity contribution in [1.82, 2.24) is 5.32 Å². The number of hydrogen-bond donors (Lipinski definition) is 1. The first-order valence-corrected chi connectivity index (χ1v) is 10.2. The van der Waals surface area contributed by atoms with Gasteiger partial charge in [-0.1, -0.05) is 29.8 Å². The number of benzene rings is 2. The lowest BCUT2D eigenvalue weighted by Crippen LogP contribution is -2.54. The largest absolute Gasteiger partial charge is 0.372 e. The molecule has 1 aliphatic heterocycles. The van der Waals surface area contributed by atoms with E-state index in [2.05, 4.69) is 24.1 Å². The third-order valence-electron chi connectivity index (χ3n) is 4.85. The van der Waals surface area contributed by atoms with Crippen LogP contribution in [0.5, 0.6) is 0 Å². The molecular weight excluding hydrogens is 406 g/mol. The molecule has 1 saturated heterocycles. The maximum atomic E-state index is 13.1. The maximum absolute atomic E-state index is 13.1. The molecule has 2 aromatic rings. The molecular formula is C22H22ClN3O2S. The van der Waals surface area contributed by atoms with E-state index in [1.165, 1.54) is 4.90 Å². The molecule has 5 nitrogen and oxygen atoms in total. The van der Waals surface area contributed by atoms with Gasteiger partial charge in [0.15, 0.2) is 5.11 Å². The molecule has 0 aliphatic carbocycles. The molecule has 1 N–H and O–H groups in total. The Hall–Kier alpha value is -2.70. The number of rotatable bonds is 5. The van der Waals surface area contributed by atoms with Crippen LogP contribution < -0.4 is 15.1 Å². The van der Waals surface area contributed by atoms with E-state index in [-0.39, 0.29) is 10.7 Å². The molecule has 0 unspecified atom stereocenters. The second kappa shape index (κ2) is 8.76. The summed E-state index contributed by atoms with van der Waals surface area (Å²) in [4.78, 5) is 29.0. The van der Waals surface area contributed by atoms with Crippen LogP contribution in [0.25, 0.3) is 6.08 Å². The van der Waals surface area contributed by atoms with Crippen molar-refractivity contribution in [2.75, 3.05) is 22.9 Å². The third kappa shape index (κ3) is 4.33. The average molecular weight is 428 g/mol. The quantitative estimate of drug-likeness (QED) is 0.438. The number of anilines is 2. The Kier molecular flexibility index (Phi) is 6.35. The highest BCUT2D eigenvalue weighted by Crippen LogP contribution is 2.27. The minimum atomic E-state index is -0.512. The van der Waals surface area contributed by atoms with Crippen LogP contribution in [-0.4, -0.2) is 30.0 Å². The van der Waals surface area contributed by atoms with Crippen molar-refractivity contribution < 1.29 is 9.59 Å². The van der Waals surface area contributed by atoms with E-state index >= 15 is 0 Å².